The van der Waals surface area contributed by atoms with Crippen LogP contribution in [0.3, 0.4) is 0 Å². The lowest BCUT2D eigenvalue weighted by molar-refractivity contribution is -0.131. The van der Waals surface area contributed by atoms with E-state index in [0.29, 0.717) is 6.42 Å². The van der Waals surface area contributed by atoms with Gasteiger partial charge in [0.2, 0.25) is 5.91 Å². The van der Waals surface area contributed by atoms with Crippen molar-refractivity contribution >= 4 is 17.2 Å². The van der Waals surface area contributed by atoms with Crippen LogP contribution >= 0.6 is 11.3 Å². The molecule has 1 aliphatic heterocycles. The van der Waals surface area contributed by atoms with Gasteiger partial charge in [-0.05, 0) is 68.5 Å². The molecular formula is C23H24FN3OS. The van der Waals surface area contributed by atoms with Crippen molar-refractivity contribution in [3.63, 3.8) is 0 Å². The molecule has 1 atom stereocenters. The summed E-state index contributed by atoms with van der Waals surface area (Å²) in [5.41, 5.74) is 4.92. The van der Waals surface area contributed by atoms with E-state index in [-0.39, 0.29) is 17.8 Å². The highest BCUT2D eigenvalue weighted by Crippen LogP contribution is 2.32. The smallest absolute Gasteiger partial charge is 0.229 e. The Morgan fingerprint density at radius 1 is 1.17 bits per heavy atom. The molecule has 2 aromatic heterocycles. The molecule has 1 aliphatic rings. The number of carbonyl (C=O) groups excluding carboxylic acids is 1. The van der Waals surface area contributed by atoms with Crippen molar-refractivity contribution in [2.75, 3.05) is 6.54 Å². The predicted molar refractivity (Wildman–Crippen MR) is 112 cm³/mol. The van der Waals surface area contributed by atoms with E-state index in [1.807, 2.05) is 36.3 Å². The Hall–Kier alpha value is -2.60. The van der Waals surface area contributed by atoms with Crippen LogP contribution in [0.4, 0.5) is 4.39 Å². The zero-order valence-electron chi connectivity index (χ0n) is 16.7. The number of aromatic nitrogens is 2. The Balaban J connectivity index is 1.53. The third kappa shape index (κ3) is 4.70. The summed E-state index contributed by atoms with van der Waals surface area (Å²) in [6, 6.07) is 10.8. The number of pyridine rings is 1. The number of hydrogen-bond donors (Lipinski definition) is 0. The number of nitrogens with zero attached hydrogens (tertiary/aromatic N) is 3. The highest BCUT2D eigenvalue weighted by Gasteiger charge is 2.31. The van der Waals surface area contributed by atoms with E-state index in [1.165, 1.54) is 12.1 Å². The zero-order chi connectivity index (χ0) is 20.4. The molecule has 0 aliphatic carbocycles. The molecule has 0 unspecified atom stereocenters. The largest absolute Gasteiger partial charge is 0.334 e. The van der Waals surface area contributed by atoms with E-state index in [9.17, 15) is 9.18 Å². The summed E-state index contributed by atoms with van der Waals surface area (Å²) in [5.74, 6) is -0.114. The van der Waals surface area contributed by atoms with Crippen molar-refractivity contribution in [3.05, 3.63) is 80.8 Å². The number of halogens is 1. The summed E-state index contributed by atoms with van der Waals surface area (Å²) in [5, 5.41) is 2.95. The Kier molecular flexibility index (Phi) is 5.72. The molecule has 1 saturated heterocycles. The quantitative estimate of drug-likeness (QED) is 0.609. The number of carbonyl (C=O) groups is 1. The maximum atomic E-state index is 13.2. The van der Waals surface area contributed by atoms with Gasteiger partial charge in [0.1, 0.15) is 5.82 Å². The van der Waals surface area contributed by atoms with Gasteiger partial charge in [-0.25, -0.2) is 9.37 Å². The molecule has 6 heteroatoms. The van der Waals surface area contributed by atoms with Gasteiger partial charge in [-0.3, -0.25) is 9.78 Å². The van der Waals surface area contributed by atoms with Crippen molar-refractivity contribution in [3.8, 4) is 0 Å². The normalized spacial score (nSPS) is 16.4. The average Bonchev–Trinajstić information content (AvgIpc) is 3.32. The number of aryl methyl sites for hydroxylation is 2. The molecule has 0 N–H and O–H groups in total. The minimum absolute atomic E-state index is 0.00843. The third-order valence-corrected chi connectivity index (χ3v) is 6.09. The first-order valence-electron chi connectivity index (χ1n) is 9.90. The molecule has 4 rings (SSSR count). The lowest BCUT2D eigenvalue weighted by Crippen LogP contribution is -2.32. The number of thiazole rings is 1. The summed E-state index contributed by atoms with van der Waals surface area (Å²) in [6.07, 6.45) is 2.97. The van der Waals surface area contributed by atoms with E-state index in [2.05, 4.69) is 17.1 Å². The number of amides is 1. The Morgan fingerprint density at radius 2 is 1.97 bits per heavy atom. The molecule has 3 aromatic rings. The van der Waals surface area contributed by atoms with Crippen LogP contribution in [0.5, 0.6) is 0 Å². The standard InChI is InChI=1S/C23H24FN3OS/c1-15-10-18(11-17-5-7-19(24)8-6-17)12-21(25-15)22-4-3-9-27(22)23(28)13-20-14-29-16(2)26-20/h5-8,10,12,14,22H,3-4,9,11,13H2,1-2H3/t22-/m0/s1. The van der Waals surface area contributed by atoms with Gasteiger partial charge in [0.15, 0.2) is 0 Å². The highest BCUT2D eigenvalue weighted by atomic mass is 32.1. The molecule has 0 radical (unpaired) electrons. The zero-order valence-corrected chi connectivity index (χ0v) is 17.5. The van der Waals surface area contributed by atoms with Gasteiger partial charge in [0.25, 0.3) is 0 Å². The van der Waals surface area contributed by atoms with E-state index in [1.54, 1.807) is 11.3 Å². The Labute approximate surface area is 174 Å². The number of benzene rings is 1. The molecule has 4 nitrogen and oxygen atoms in total. The van der Waals surface area contributed by atoms with Crippen LogP contribution in [0.2, 0.25) is 0 Å². The molecule has 1 amide bonds. The first-order chi connectivity index (χ1) is 14.0. The first-order valence-corrected chi connectivity index (χ1v) is 10.8. The third-order valence-electron chi connectivity index (χ3n) is 5.27. The van der Waals surface area contributed by atoms with Crippen LogP contribution in [0, 0.1) is 19.7 Å². The van der Waals surface area contributed by atoms with Crippen LogP contribution in [0.25, 0.3) is 0 Å². The molecule has 1 aromatic carbocycles. The molecule has 0 spiro atoms. The summed E-state index contributed by atoms with van der Waals surface area (Å²) in [4.78, 5) is 24.1. The number of rotatable bonds is 5. The molecule has 29 heavy (non-hydrogen) atoms. The Morgan fingerprint density at radius 3 is 2.69 bits per heavy atom. The van der Waals surface area contributed by atoms with Gasteiger partial charge in [0, 0.05) is 17.6 Å². The van der Waals surface area contributed by atoms with Crippen LogP contribution in [0.1, 0.15) is 52.1 Å². The summed E-state index contributed by atoms with van der Waals surface area (Å²) in [6.45, 7) is 4.70. The maximum Gasteiger partial charge on any atom is 0.229 e. The number of hydrogen-bond acceptors (Lipinski definition) is 4. The second-order valence-electron chi connectivity index (χ2n) is 7.62. The molecule has 0 bridgehead atoms. The highest BCUT2D eigenvalue weighted by molar-refractivity contribution is 7.09. The van der Waals surface area contributed by atoms with Crippen LogP contribution in [-0.4, -0.2) is 27.3 Å². The second-order valence-corrected chi connectivity index (χ2v) is 8.69. The lowest BCUT2D eigenvalue weighted by Gasteiger charge is -2.25. The van der Waals surface area contributed by atoms with Crippen molar-refractivity contribution in [2.24, 2.45) is 0 Å². The van der Waals surface area contributed by atoms with Gasteiger partial charge < -0.3 is 4.90 Å². The van der Waals surface area contributed by atoms with Crippen molar-refractivity contribution in [2.45, 2.75) is 45.6 Å². The fraction of sp³-hybridized carbons (Fsp3) is 0.348. The molecule has 1 fully saturated rings. The monoisotopic (exact) mass is 409 g/mol. The SMILES string of the molecule is Cc1cc(Cc2ccc(F)cc2)cc([C@@H]2CCCN2C(=O)Cc2csc(C)n2)n1. The van der Waals surface area contributed by atoms with Crippen LogP contribution in [0.15, 0.2) is 41.8 Å². The van der Waals surface area contributed by atoms with Gasteiger partial charge in [-0.2, -0.15) is 0 Å². The van der Waals surface area contributed by atoms with E-state index < -0.39 is 0 Å². The van der Waals surface area contributed by atoms with Crippen molar-refractivity contribution in [1.82, 2.24) is 14.9 Å². The van der Waals surface area contributed by atoms with Gasteiger partial charge in [0.05, 0.1) is 28.9 Å². The molecular weight excluding hydrogens is 385 g/mol. The van der Waals surface area contributed by atoms with Crippen molar-refractivity contribution in [1.29, 1.82) is 0 Å². The predicted octanol–water partition coefficient (Wildman–Crippen LogP) is 4.79. The minimum atomic E-state index is -0.226. The molecule has 0 saturated carbocycles. The summed E-state index contributed by atoms with van der Waals surface area (Å²) >= 11 is 1.57. The van der Waals surface area contributed by atoms with Gasteiger partial charge >= 0.3 is 0 Å². The van der Waals surface area contributed by atoms with Crippen LogP contribution < -0.4 is 0 Å². The van der Waals surface area contributed by atoms with Crippen LogP contribution in [-0.2, 0) is 17.6 Å². The van der Waals surface area contributed by atoms with Gasteiger partial charge in [-0.15, -0.1) is 11.3 Å². The second kappa shape index (κ2) is 8.41. The number of likely N-dealkylation sites (tertiary alicyclic amines) is 1. The van der Waals surface area contributed by atoms with E-state index >= 15 is 0 Å². The summed E-state index contributed by atoms with van der Waals surface area (Å²) in [7, 11) is 0. The fourth-order valence-electron chi connectivity index (χ4n) is 4.00. The fourth-order valence-corrected chi connectivity index (χ4v) is 4.61. The maximum absolute atomic E-state index is 13.2. The average molecular weight is 410 g/mol. The summed E-state index contributed by atoms with van der Waals surface area (Å²) < 4.78 is 13.2. The lowest BCUT2D eigenvalue weighted by atomic mass is 10.0. The Bertz CT molecular complexity index is 1020. The van der Waals surface area contributed by atoms with Gasteiger partial charge in [-0.1, -0.05) is 12.1 Å². The minimum Gasteiger partial charge on any atom is -0.334 e. The van der Waals surface area contributed by atoms with Crippen molar-refractivity contribution < 1.29 is 9.18 Å². The topological polar surface area (TPSA) is 46.1 Å². The first kappa shape index (κ1) is 19.7. The van der Waals surface area contributed by atoms with E-state index in [0.717, 1.165) is 59.0 Å². The van der Waals surface area contributed by atoms with E-state index in [4.69, 9.17) is 4.98 Å². The molecule has 3 heterocycles. The molecule has 150 valence electrons.